The molecule has 0 saturated heterocycles. The van der Waals surface area contributed by atoms with Crippen LogP contribution in [0.4, 0.5) is 5.13 Å². The Morgan fingerprint density at radius 3 is 3.00 bits per heavy atom. The van der Waals surface area contributed by atoms with Gasteiger partial charge in [-0.25, -0.2) is 0 Å². The van der Waals surface area contributed by atoms with E-state index in [1.165, 1.54) is 11.3 Å². The van der Waals surface area contributed by atoms with E-state index in [-0.39, 0.29) is 5.91 Å². The minimum atomic E-state index is -0.599. The molecule has 112 valence electrons. The lowest BCUT2D eigenvalue weighted by atomic mass is 10.2. The predicted octanol–water partition coefficient (Wildman–Crippen LogP) is 3.36. The van der Waals surface area contributed by atoms with Crippen LogP contribution in [-0.4, -0.2) is 28.0 Å². The molecule has 1 atom stereocenters. The van der Waals surface area contributed by atoms with E-state index < -0.39 is 6.10 Å². The van der Waals surface area contributed by atoms with Gasteiger partial charge < -0.3 is 4.74 Å². The highest BCUT2D eigenvalue weighted by molar-refractivity contribution is 8.01. The van der Waals surface area contributed by atoms with Gasteiger partial charge >= 0.3 is 0 Å². The van der Waals surface area contributed by atoms with E-state index in [0.717, 1.165) is 15.7 Å². The maximum Gasteiger partial charge on any atom is 0.266 e. The number of hydrogen-bond donors (Lipinski definition) is 1. The number of hydrogen-bond acceptors (Lipinski definition) is 6. The maximum atomic E-state index is 12.1. The summed E-state index contributed by atoms with van der Waals surface area (Å²) in [5, 5.41) is 11.1. The summed E-state index contributed by atoms with van der Waals surface area (Å²) in [6.45, 7) is 5.73. The molecule has 7 heteroatoms. The zero-order valence-electron chi connectivity index (χ0n) is 12.1. The number of carbonyl (C=O) groups excluding carboxylic acids is 1. The van der Waals surface area contributed by atoms with E-state index in [4.69, 9.17) is 4.74 Å². The molecule has 0 radical (unpaired) electrons. The highest BCUT2D eigenvalue weighted by atomic mass is 32.2. The Morgan fingerprint density at radius 2 is 2.29 bits per heavy atom. The summed E-state index contributed by atoms with van der Waals surface area (Å²) in [5.74, 6) is 1.37. The second kappa shape index (κ2) is 7.42. The molecule has 2 aromatic rings. The normalized spacial score (nSPS) is 12.0. The highest BCUT2D eigenvalue weighted by Gasteiger charge is 2.17. The monoisotopic (exact) mass is 323 g/mol. The number of rotatable bonds is 6. The van der Waals surface area contributed by atoms with Crippen molar-refractivity contribution in [3.05, 3.63) is 29.8 Å². The second-order valence-electron chi connectivity index (χ2n) is 4.37. The average Bonchev–Trinajstić information content (AvgIpc) is 2.86. The van der Waals surface area contributed by atoms with Gasteiger partial charge in [0.25, 0.3) is 5.91 Å². The topological polar surface area (TPSA) is 64.1 Å². The quantitative estimate of drug-likeness (QED) is 0.652. The van der Waals surface area contributed by atoms with Crippen LogP contribution in [-0.2, 0) is 4.79 Å². The Labute approximate surface area is 132 Å². The lowest BCUT2D eigenvalue weighted by Gasteiger charge is -2.13. The highest BCUT2D eigenvalue weighted by Crippen LogP contribution is 2.25. The molecule has 1 heterocycles. The van der Waals surface area contributed by atoms with Gasteiger partial charge in [0.15, 0.2) is 10.4 Å². The van der Waals surface area contributed by atoms with Crippen LogP contribution in [0.1, 0.15) is 19.4 Å². The number of aromatic nitrogens is 2. The van der Waals surface area contributed by atoms with E-state index in [9.17, 15) is 4.79 Å². The fourth-order valence-corrected chi connectivity index (χ4v) is 3.25. The third-order valence-corrected chi connectivity index (χ3v) is 4.43. The molecule has 0 spiro atoms. The third kappa shape index (κ3) is 4.71. The van der Waals surface area contributed by atoms with Crippen molar-refractivity contribution < 1.29 is 9.53 Å². The number of aryl methyl sites for hydroxylation is 1. The van der Waals surface area contributed by atoms with Gasteiger partial charge in [-0.2, -0.15) is 0 Å². The Morgan fingerprint density at radius 1 is 1.48 bits per heavy atom. The summed E-state index contributed by atoms with van der Waals surface area (Å²) in [4.78, 5) is 12.1. The van der Waals surface area contributed by atoms with Crippen molar-refractivity contribution >= 4 is 34.1 Å². The molecule has 0 aliphatic heterocycles. The first-order chi connectivity index (χ1) is 10.1. The van der Waals surface area contributed by atoms with Gasteiger partial charge in [0, 0.05) is 0 Å². The summed E-state index contributed by atoms with van der Waals surface area (Å²) in [6, 6.07) is 7.60. The molecular weight excluding hydrogens is 306 g/mol. The lowest BCUT2D eigenvalue weighted by Crippen LogP contribution is -2.30. The van der Waals surface area contributed by atoms with Crippen LogP contribution in [0.3, 0.4) is 0 Å². The first-order valence-corrected chi connectivity index (χ1v) is 8.39. The second-order valence-corrected chi connectivity index (χ2v) is 6.86. The maximum absolute atomic E-state index is 12.1. The van der Waals surface area contributed by atoms with Crippen LogP contribution in [0.15, 0.2) is 28.6 Å². The molecule has 2 rings (SSSR count). The molecule has 0 fully saturated rings. The molecule has 0 aliphatic rings. The zero-order chi connectivity index (χ0) is 15.2. The van der Waals surface area contributed by atoms with E-state index in [1.807, 2.05) is 38.1 Å². The fraction of sp³-hybridized carbons (Fsp3) is 0.357. The van der Waals surface area contributed by atoms with Crippen LogP contribution in [0.2, 0.25) is 0 Å². The smallest absolute Gasteiger partial charge is 0.266 e. The minimum Gasteiger partial charge on any atom is -0.481 e. The molecule has 1 aromatic heterocycles. The lowest BCUT2D eigenvalue weighted by molar-refractivity contribution is -0.122. The van der Waals surface area contributed by atoms with Crippen LogP contribution >= 0.6 is 23.1 Å². The number of thioether (sulfide) groups is 1. The fourth-order valence-electron chi connectivity index (χ4n) is 1.60. The van der Waals surface area contributed by atoms with Crippen molar-refractivity contribution in [1.29, 1.82) is 0 Å². The van der Waals surface area contributed by atoms with Gasteiger partial charge in [-0.1, -0.05) is 42.2 Å². The van der Waals surface area contributed by atoms with E-state index in [1.54, 1.807) is 18.7 Å². The van der Waals surface area contributed by atoms with Crippen molar-refractivity contribution in [3.8, 4) is 5.75 Å². The van der Waals surface area contributed by atoms with E-state index >= 15 is 0 Å². The Kier molecular flexibility index (Phi) is 5.58. The van der Waals surface area contributed by atoms with Gasteiger partial charge in [-0.15, -0.1) is 10.2 Å². The third-order valence-electron chi connectivity index (χ3n) is 2.58. The van der Waals surface area contributed by atoms with Crippen molar-refractivity contribution in [2.24, 2.45) is 0 Å². The first kappa shape index (κ1) is 15.8. The predicted molar refractivity (Wildman–Crippen MR) is 86.2 cm³/mol. The van der Waals surface area contributed by atoms with Gasteiger partial charge in [-0.05, 0) is 37.3 Å². The SMILES string of the molecule is CCSc1nnc(NC(=O)[C@@H](C)Oc2cccc(C)c2)s1. The molecule has 1 N–H and O–H groups in total. The average molecular weight is 323 g/mol. The van der Waals surface area contributed by atoms with Crippen molar-refractivity contribution in [2.45, 2.75) is 31.2 Å². The molecule has 0 unspecified atom stereocenters. The number of carbonyl (C=O) groups is 1. The number of benzene rings is 1. The molecule has 0 saturated carbocycles. The van der Waals surface area contributed by atoms with Crippen molar-refractivity contribution in [1.82, 2.24) is 10.2 Å². The van der Waals surface area contributed by atoms with Crippen LogP contribution in [0.5, 0.6) is 5.75 Å². The minimum absolute atomic E-state index is 0.235. The summed E-state index contributed by atoms with van der Waals surface area (Å²) in [6.07, 6.45) is -0.599. The molecule has 1 amide bonds. The summed E-state index contributed by atoms with van der Waals surface area (Å²) in [7, 11) is 0. The van der Waals surface area contributed by atoms with Crippen molar-refractivity contribution in [2.75, 3.05) is 11.1 Å². The largest absolute Gasteiger partial charge is 0.481 e. The van der Waals surface area contributed by atoms with Crippen LogP contribution in [0, 0.1) is 6.92 Å². The number of amides is 1. The van der Waals surface area contributed by atoms with Gasteiger partial charge in [-0.3, -0.25) is 10.1 Å². The molecule has 1 aromatic carbocycles. The summed E-state index contributed by atoms with van der Waals surface area (Å²) < 4.78 is 6.47. The Bertz CT molecular complexity index is 616. The Hall–Kier alpha value is -1.60. The first-order valence-electron chi connectivity index (χ1n) is 6.59. The molecule has 21 heavy (non-hydrogen) atoms. The van der Waals surface area contributed by atoms with Gasteiger partial charge in [0.2, 0.25) is 5.13 Å². The number of nitrogens with zero attached hydrogens (tertiary/aromatic N) is 2. The van der Waals surface area contributed by atoms with Crippen LogP contribution < -0.4 is 10.1 Å². The van der Waals surface area contributed by atoms with Crippen LogP contribution in [0.25, 0.3) is 0 Å². The van der Waals surface area contributed by atoms with Gasteiger partial charge in [0.1, 0.15) is 5.75 Å². The number of anilines is 1. The molecule has 0 bridgehead atoms. The van der Waals surface area contributed by atoms with E-state index in [2.05, 4.69) is 15.5 Å². The standard InChI is InChI=1S/C14H17N3O2S2/c1-4-20-14-17-16-13(21-14)15-12(18)10(3)19-11-7-5-6-9(2)8-11/h5-8,10H,4H2,1-3H3,(H,15,16,18)/t10-/m1/s1. The molecule has 0 aliphatic carbocycles. The zero-order valence-corrected chi connectivity index (χ0v) is 13.8. The Balaban J connectivity index is 1.92. The molecule has 5 nitrogen and oxygen atoms in total. The van der Waals surface area contributed by atoms with Gasteiger partial charge in [0.05, 0.1) is 0 Å². The number of ether oxygens (including phenoxy) is 1. The number of nitrogens with one attached hydrogen (secondary N) is 1. The van der Waals surface area contributed by atoms with Crippen molar-refractivity contribution in [3.63, 3.8) is 0 Å². The van der Waals surface area contributed by atoms with E-state index in [0.29, 0.717) is 10.9 Å². The molecular formula is C14H17N3O2S2. The summed E-state index contributed by atoms with van der Waals surface area (Å²) in [5.41, 5.74) is 1.09. The summed E-state index contributed by atoms with van der Waals surface area (Å²) >= 11 is 2.96.